The Kier molecular flexibility index (Phi) is 4.97. The van der Waals surface area contributed by atoms with Crippen LogP contribution in [0.4, 0.5) is 0 Å². The maximum atomic E-state index is 12.1. The molecule has 1 amide bonds. The normalized spacial score (nSPS) is 17.9. The summed E-state index contributed by atoms with van der Waals surface area (Å²) < 4.78 is 5.23. The summed E-state index contributed by atoms with van der Waals surface area (Å²) in [5.74, 6) is 5.81. The number of carbonyl (C=O) groups excluding carboxylic acids is 1. The van der Waals surface area contributed by atoms with Crippen LogP contribution in [0, 0.1) is 18.8 Å². The van der Waals surface area contributed by atoms with Crippen molar-refractivity contribution in [3.05, 3.63) is 21.4 Å². The molecule has 102 valence electrons. The van der Waals surface area contributed by atoms with E-state index in [1.807, 2.05) is 13.0 Å². The topological polar surface area (TPSA) is 58.6 Å². The summed E-state index contributed by atoms with van der Waals surface area (Å²) in [7, 11) is 0. The summed E-state index contributed by atoms with van der Waals surface area (Å²) in [5.41, 5.74) is 1.00. The summed E-state index contributed by atoms with van der Waals surface area (Å²) in [5, 5.41) is 11.7. The molecule has 2 N–H and O–H groups in total. The molecule has 0 radical (unpaired) electrons. The lowest BCUT2D eigenvalue weighted by molar-refractivity contribution is 0.0934. The highest BCUT2D eigenvalue weighted by atomic mass is 32.1. The van der Waals surface area contributed by atoms with Crippen LogP contribution in [0.15, 0.2) is 6.07 Å². The summed E-state index contributed by atoms with van der Waals surface area (Å²) >= 11 is 1.39. The zero-order chi connectivity index (χ0) is 13.7. The van der Waals surface area contributed by atoms with Gasteiger partial charge in [-0.05, 0) is 25.0 Å². The Balaban J connectivity index is 2.02. The zero-order valence-electron chi connectivity index (χ0n) is 10.9. The Morgan fingerprint density at radius 1 is 1.68 bits per heavy atom. The number of amides is 1. The monoisotopic (exact) mass is 279 g/mol. The molecule has 0 saturated carbocycles. The van der Waals surface area contributed by atoms with Gasteiger partial charge in [0.1, 0.15) is 0 Å². The Morgan fingerprint density at radius 2 is 2.53 bits per heavy atom. The second-order valence-electron chi connectivity index (χ2n) is 4.43. The van der Waals surface area contributed by atoms with Crippen molar-refractivity contribution in [2.45, 2.75) is 25.8 Å². The second-order valence-corrected chi connectivity index (χ2v) is 5.48. The van der Waals surface area contributed by atoms with Crippen LogP contribution in [0.2, 0.25) is 0 Å². The Bertz CT molecular complexity index is 506. The Morgan fingerprint density at radius 3 is 3.21 bits per heavy atom. The molecule has 19 heavy (non-hydrogen) atoms. The van der Waals surface area contributed by atoms with Crippen LogP contribution in [-0.2, 0) is 4.74 Å². The van der Waals surface area contributed by atoms with E-state index in [4.69, 9.17) is 9.84 Å². The molecule has 1 atom stereocenters. The van der Waals surface area contributed by atoms with Crippen molar-refractivity contribution in [2.75, 3.05) is 19.8 Å². The van der Waals surface area contributed by atoms with Crippen molar-refractivity contribution in [3.8, 4) is 11.8 Å². The first-order chi connectivity index (χ1) is 9.20. The van der Waals surface area contributed by atoms with Crippen molar-refractivity contribution in [1.82, 2.24) is 5.32 Å². The average Bonchev–Trinajstić information content (AvgIpc) is 3.00. The quantitative estimate of drug-likeness (QED) is 0.820. The molecule has 0 spiro atoms. The maximum Gasteiger partial charge on any atom is 0.261 e. The minimum absolute atomic E-state index is 0.0567. The predicted molar refractivity (Wildman–Crippen MR) is 74.3 cm³/mol. The summed E-state index contributed by atoms with van der Waals surface area (Å²) in [6.45, 7) is 3.31. The number of carbonyl (C=O) groups is 1. The van der Waals surface area contributed by atoms with Gasteiger partial charge in [0.2, 0.25) is 0 Å². The van der Waals surface area contributed by atoms with Gasteiger partial charge in [0.05, 0.1) is 29.0 Å². The summed E-state index contributed by atoms with van der Waals surface area (Å²) in [6.07, 6.45) is 1.33. The van der Waals surface area contributed by atoms with Crippen LogP contribution < -0.4 is 5.32 Å². The molecule has 0 aliphatic carbocycles. The molecule has 1 aromatic rings. The van der Waals surface area contributed by atoms with Crippen molar-refractivity contribution in [1.29, 1.82) is 0 Å². The maximum absolute atomic E-state index is 12.1. The minimum atomic E-state index is -0.0567. The van der Waals surface area contributed by atoms with E-state index in [1.54, 1.807) is 0 Å². The van der Waals surface area contributed by atoms with Crippen molar-refractivity contribution >= 4 is 17.2 Å². The highest BCUT2D eigenvalue weighted by Crippen LogP contribution is 2.21. The Hall–Kier alpha value is -1.35. The smallest absolute Gasteiger partial charge is 0.261 e. The lowest BCUT2D eigenvalue weighted by Crippen LogP contribution is -2.34. The van der Waals surface area contributed by atoms with Gasteiger partial charge < -0.3 is 15.2 Å². The van der Waals surface area contributed by atoms with Crippen LogP contribution in [0.5, 0.6) is 0 Å². The number of aliphatic hydroxyl groups excluding tert-OH is 1. The third kappa shape index (κ3) is 3.80. The number of aliphatic hydroxyl groups is 1. The van der Waals surface area contributed by atoms with E-state index in [-0.39, 0.29) is 18.6 Å². The number of nitrogens with one attached hydrogen (secondary N) is 1. The minimum Gasteiger partial charge on any atom is -0.395 e. The van der Waals surface area contributed by atoms with E-state index in [2.05, 4.69) is 17.2 Å². The summed E-state index contributed by atoms with van der Waals surface area (Å²) in [6, 6.07) is 1.98. The van der Waals surface area contributed by atoms with Gasteiger partial charge in [-0.15, -0.1) is 11.3 Å². The average molecular weight is 279 g/mol. The van der Waals surface area contributed by atoms with Crippen LogP contribution in [0.25, 0.3) is 0 Å². The fourth-order valence-electron chi connectivity index (χ4n) is 1.82. The van der Waals surface area contributed by atoms with Gasteiger partial charge in [-0.25, -0.2) is 0 Å². The third-order valence-electron chi connectivity index (χ3n) is 2.85. The van der Waals surface area contributed by atoms with Crippen LogP contribution in [0.1, 0.15) is 33.0 Å². The second kappa shape index (κ2) is 6.71. The van der Waals surface area contributed by atoms with Gasteiger partial charge in [0, 0.05) is 13.0 Å². The molecule has 5 heteroatoms. The molecular weight excluding hydrogens is 262 g/mol. The molecule has 1 fully saturated rings. The SMILES string of the molecule is Cc1cc(C(=O)NC2CCOC2)sc1C#CCCO. The van der Waals surface area contributed by atoms with E-state index >= 15 is 0 Å². The van der Waals surface area contributed by atoms with Crippen LogP contribution in [-0.4, -0.2) is 36.9 Å². The lowest BCUT2D eigenvalue weighted by atomic mass is 10.2. The number of thiophene rings is 1. The van der Waals surface area contributed by atoms with Crippen molar-refractivity contribution < 1.29 is 14.6 Å². The molecule has 1 aromatic heterocycles. The molecule has 2 rings (SSSR count). The number of hydrogen-bond acceptors (Lipinski definition) is 4. The summed E-state index contributed by atoms with van der Waals surface area (Å²) in [4.78, 5) is 13.6. The van der Waals surface area contributed by atoms with E-state index in [9.17, 15) is 4.79 Å². The van der Waals surface area contributed by atoms with Gasteiger partial charge >= 0.3 is 0 Å². The third-order valence-corrected chi connectivity index (χ3v) is 4.00. The lowest BCUT2D eigenvalue weighted by Gasteiger charge is -2.08. The number of rotatable bonds is 3. The van der Waals surface area contributed by atoms with E-state index in [1.165, 1.54) is 11.3 Å². The number of hydrogen-bond donors (Lipinski definition) is 2. The molecule has 0 bridgehead atoms. The Labute approximate surface area is 116 Å². The van der Waals surface area contributed by atoms with Crippen molar-refractivity contribution in [2.24, 2.45) is 0 Å². The van der Waals surface area contributed by atoms with Gasteiger partial charge in [0.15, 0.2) is 0 Å². The van der Waals surface area contributed by atoms with Crippen LogP contribution >= 0.6 is 11.3 Å². The standard InChI is InChI=1S/C14H17NO3S/c1-10-8-13(19-12(10)4-2-3-6-16)14(17)15-11-5-7-18-9-11/h8,11,16H,3,5-7,9H2,1H3,(H,15,17). The predicted octanol–water partition coefficient (Wildman–Crippen LogP) is 1.31. The van der Waals surface area contributed by atoms with Gasteiger partial charge in [-0.2, -0.15) is 0 Å². The first-order valence-corrected chi connectivity index (χ1v) is 7.11. The molecule has 1 aliphatic rings. The van der Waals surface area contributed by atoms with E-state index in [0.29, 0.717) is 24.5 Å². The molecule has 1 saturated heterocycles. The van der Waals surface area contributed by atoms with Gasteiger partial charge in [-0.3, -0.25) is 4.79 Å². The van der Waals surface area contributed by atoms with Crippen molar-refractivity contribution in [3.63, 3.8) is 0 Å². The first-order valence-electron chi connectivity index (χ1n) is 6.29. The highest BCUT2D eigenvalue weighted by Gasteiger charge is 2.20. The first kappa shape index (κ1) is 14.1. The van der Waals surface area contributed by atoms with E-state index in [0.717, 1.165) is 16.9 Å². The molecule has 0 aromatic carbocycles. The molecule has 2 heterocycles. The number of ether oxygens (including phenoxy) is 1. The molecular formula is C14H17NO3S. The fourth-order valence-corrected chi connectivity index (χ4v) is 2.77. The van der Waals surface area contributed by atoms with E-state index < -0.39 is 0 Å². The number of aryl methyl sites for hydroxylation is 1. The molecule has 1 aliphatic heterocycles. The fraction of sp³-hybridized carbons (Fsp3) is 0.500. The van der Waals surface area contributed by atoms with Crippen LogP contribution in [0.3, 0.4) is 0 Å². The van der Waals surface area contributed by atoms with Gasteiger partial charge in [-0.1, -0.05) is 11.8 Å². The zero-order valence-corrected chi connectivity index (χ0v) is 11.7. The van der Waals surface area contributed by atoms with Gasteiger partial charge in [0.25, 0.3) is 5.91 Å². The highest BCUT2D eigenvalue weighted by molar-refractivity contribution is 7.14. The molecule has 1 unspecified atom stereocenters. The largest absolute Gasteiger partial charge is 0.395 e. The molecule has 4 nitrogen and oxygen atoms in total.